The molecule has 3 rings (SSSR count). The Labute approximate surface area is 135 Å². The van der Waals surface area contributed by atoms with Crippen molar-refractivity contribution in [3.8, 4) is 5.75 Å². The molecule has 0 N–H and O–H groups in total. The highest BCUT2D eigenvalue weighted by Gasteiger charge is 2.18. The number of carbonyl (C=O) groups excluding carboxylic acids is 1. The van der Waals surface area contributed by atoms with Crippen molar-refractivity contribution in [1.29, 1.82) is 0 Å². The summed E-state index contributed by atoms with van der Waals surface area (Å²) in [5.41, 5.74) is 0.831. The quantitative estimate of drug-likeness (QED) is 0.304. The summed E-state index contributed by atoms with van der Waals surface area (Å²) in [6.45, 7) is 0.318. The summed E-state index contributed by atoms with van der Waals surface area (Å²) in [7, 11) is 0. The summed E-state index contributed by atoms with van der Waals surface area (Å²) in [4.78, 5) is 22.3. The number of non-ortho nitro benzene ring substituents is 1. The van der Waals surface area contributed by atoms with E-state index in [2.05, 4.69) is 15.5 Å². The molecule has 0 aliphatic carbocycles. The van der Waals surface area contributed by atoms with Crippen molar-refractivity contribution in [2.45, 2.75) is 6.54 Å². The number of tetrazole rings is 1. The number of nitro benzene ring substituents is 1. The summed E-state index contributed by atoms with van der Waals surface area (Å²) >= 11 is 0. The molecule has 24 heavy (non-hydrogen) atoms. The van der Waals surface area contributed by atoms with E-state index in [4.69, 9.17) is 4.74 Å². The number of benzene rings is 2. The second kappa shape index (κ2) is 6.65. The van der Waals surface area contributed by atoms with Crippen LogP contribution in [0.1, 0.15) is 16.2 Å². The number of ether oxygens (including phenoxy) is 1. The molecular weight excluding hydrogens is 314 g/mol. The Bertz CT molecular complexity index is 861. The number of esters is 1. The molecule has 0 aliphatic rings. The van der Waals surface area contributed by atoms with Crippen molar-refractivity contribution < 1.29 is 14.5 Å². The van der Waals surface area contributed by atoms with Gasteiger partial charge >= 0.3 is 5.97 Å². The fraction of sp³-hybridized carbons (Fsp3) is 0.0667. The Morgan fingerprint density at radius 1 is 1.12 bits per heavy atom. The monoisotopic (exact) mass is 325 g/mol. The first-order valence-corrected chi connectivity index (χ1v) is 6.90. The number of nitrogens with zero attached hydrogens (tertiary/aromatic N) is 5. The Morgan fingerprint density at radius 2 is 1.83 bits per heavy atom. The van der Waals surface area contributed by atoms with E-state index in [1.807, 2.05) is 30.3 Å². The minimum absolute atomic E-state index is 0.0581. The number of hydrogen-bond acceptors (Lipinski definition) is 7. The van der Waals surface area contributed by atoms with E-state index in [9.17, 15) is 14.9 Å². The zero-order valence-corrected chi connectivity index (χ0v) is 12.3. The van der Waals surface area contributed by atoms with E-state index in [0.717, 1.165) is 5.56 Å². The number of rotatable bonds is 5. The third-order valence-corrected chi connectivity index (χ3v) is 3.15. The first-order chi connectivity index (χ1) is 11.6. The van der Waals surface area contributed by atoms with Gasteiger partial charge in [0.05, 0.1) is 11.5 Å². The topological polar surface area (TPSA) is 113 Å². The number of carbonyl (C=O) groups is 1. The van der Waals surface area contributed by atoms with Crippen molar-refractivity contribution >= 4 is 11.7 Å². The van der Waals surface area contributed by atoms with Crippen LogP contribution in [0, 0.1) is 10.1 Å². The molecule has 3 aromatic rings. The fourth-order valence-corrected chi connectivity index (χ4v) is 2.00. The number of hydrogen-bond donors (Lipinski definition) is 0. The summed E-state index contributed by atoms with van der Waals surface area (Å²) in [6, 6.07) is 14.5. The van der Waals surface area contributed by atoms with E-state index >= 15 is 0 Å². The molecule has 0 saturated heterocycles. The van der Waals surface area contributed by atoms with Gasteiger partial charge in [-0.3, -0.25) is 10.1 Å². The lowest BCUT2D eigenvalue weighted by atomic mass is 10.2. The van der Waals surface area contributed by atoms with Gasteiger partial charge in [0.1, 0.15) is 5.75 Å². The molecule has 9 nitrogen and oxygen atoms in total. The van der Waals surface area contributed by atoms with Crippen LogP contribution in [0.2, 0.25) is 0 Å². The van der Waals surface area contributed by atoms with Crippen molar-refractivity contribution in [3.63, 3.8) is 0 Å². The molecule has 0 amide bonds. The van der Waals surface area contributed by atoms with Gasteiger partial charge in [-0.15, -0.1) is 5.10 Å². The average Bonchev–Trinajstić information content (AvgIpc) is 3.04. The minimum atomic E-state index is -0.746. The van der Waals surface area contributed by atoms with E-state index in [1.54, 1.807) is 0 Å². The van der Waals surface area contributed by atoms with Crippen LogP contribution in [0.3, 0.4) is 0 Å². The highest BCUT2D eigenvalue weighted by atomic mass is 16.6. The molecule has 9 heteroatoms. The lowest BCUT2D eigenvalue weighted by molar-refractivity contribution is -0.384. The van der Waals surface area contributed by atoms with Gasteiger partial charge in [-0.25, -0.2) is 9.48 Å². The van der Waals surface area contributed by atoms with Crippen LogP contribution in [0.25, 0.3) is 0 Å². The normalized spacial score (nSPS) is 10.3. The molecular formula is C15H11N5O4. The lowest BCUT2D eigenvalue weighted by Gasteiger charge is -2.05. The van der Waals surface area contributed by atoms with Crippen LogP contribution in [0.4, 0.5) is 5.69 Å². The highest BCUT2D eigenvalue weighted by Crippen LogP contribution is 2.18. The van der Waals surface area contributed by atoms with Crippen LogP contribution in [-0.2, 0) is 6.54 Å². The summed E-state index contributed by atoms with van der Waals surface area (Å²) in [5.74, 6) is -0.637. The zero-order chi connectivity index (χ0) is 16.9. The third-order valence-electron chi connectivity index (χ3n) is 3.15. The van der Waals surface area contributed by atoms with E-state index in [-0.39, 0.29) is 17.3 Å². The molecule has 0 spiro atoms. The second-order valence-electron chi connectivity index (χ2n) is 4.79. The van der Waals surface area contributed by atoms with Crippen molar-refractivity contribution in [2.24, 2.45) is 0 Å². The van der Waals surface area contributed by atoms with E-state index in [0.29, 0.717) is 6.54 Å². The molecule has 0 aliphatic heterocycles. The maximum atomic E-state index is 12.2. The maximum Gasteiger partial charge on any atom is 0.383 e. The molecule has 0 atom stereocenters. The molecule has 2 aromatic carbocycles. The lowest BCUT2D eigenvalue weighted by Crippen LogP contribution is -2.17. The smallest absolute Gasteiger partial charge is 0.383 e. The second-order valence-corrected chi connectivity index (χ2v) is 4.79. The predicted molar refractivity (Wildman–Crippen MR) is 81.4 cm³/mol. The standard InChI is InChI=1S/C15H11N5O4/c21-15(24-13-8-6-12(7-9-13)20(22)23)14-16-17-18-19(14)10-11-4-2-1-3-5-11/h1-9H,10H2. The minimum Gasteiger partial charge on any atom is -0.421 e. The Morgan fingerprint density at radius 3 is 2.50 bits per heavy atom. The van der Waals surface area contributed by atoms with Gasteiger partial charge in [-0.2, -0.15) is 0 Å². The highest BCUT2D eigenvalue weighted by molar-refractivity contribution is 5.87. The van der Waals surface area contributed by atoms with Gasteiger partial charge in [-0.05, 0) is 28.1 Å². The predicted octanol–water partition coefficient (Wildman–Crippen LogP) is 1.85. The van der Waals surface area contributed by atoms with Crippen LogP contribution in [0.15, 0.2) is 54.6 Å². The van der Waals surface area contributed by atoms with Crippen molar-refractivity contribution in [3.05, 3.63) is 76.1 Å². The molecule has 0 bridgehead atoms. The third kappa shape index (κ3) is 3.40. The number of aromatic nitrogens is 4. The van der Waals surface area contributed by atoms with Crippen LogP contribution in [-0.4, -0.2) is 31.1 Å². The molecule has 1 aromatic heterocycles. The summed E-state index contributed by atoms with van der Waals surface area (Å²) in [5, 5.41) is 21.5. The first-order valence-electron chi connectivity index (χ1n) is 6.90. The van der Waals surface area contributed by atoms with Gasteiger partial charge in [0.25, 0.3) is 11.5 Å². The van der Waals surface area contributed by atoms with Crippen LogP contribution < -0.4 is 4.74 Å². The van der Waals surface area contributed by atoms with Crippen LogP contribution >= 0.6 is 0 Å². The summed E-state index contributed by atoms with van der Waals surface area (Å²) in [6.07, 6.45) is 0. The zero-order valence-electron chi connectivity index (χ0n) is 12.3. The summed E-state index contributed by atoms with van der Waals surface area (Å²) < 4.78 is 6.47. The SMILES string of the molecule is O=C(Oc1ccc([N+](=O)[O-])cc1)c1nnnn1Cc1ccccc1. The number of nitro groups is 1. The molecule has 0 fully saturated rings. The molecule has 0 unspecified atom stereocenters. The van der Waals surface area contributed by atoms with Crippen molar-refractivity contribution in [2.75, 3.05) is 0 Å². The fourth-order valence-electron chi connectivity index (χ4n) is 2.00. The van der Waals surface area contributed by atoms with Crippen LogP contribution in [0.5, 0.6) is 5.75 Å². The molecule has 0 saturated carbocycles. The van der Waals surface area contributed by atoms with Gasteiger partial charge in [0.15, 0.2) is 0 Å². The Balaban J connectivity index is 1.74. The van der Waals surface area contributed by atoms with E-state index in [1.165, 1.54) is 28.9 Å². The van der Waals surface area contributed by atoms with Gasteiger partial charge in [0, 0.05) is 12.1 Å². The van der Waals surface area contributed by atoms with Crippen molar-refractivity contribution in [1.82, 2.24) is 20.2 Å². The first kappa shape index (κ1) is 15.3. The molecule has 0 radical (unpaired) electrons. The van der Waals surface area contributed by atoms with E-state index < -0.39 is 10.9 Å². The average molecular weight is 325 g/mol. The maximum absolute atomic E-state index is 12.2. The van der Waals surface area contributed by atoms with Gasteiger partial charge in [0.2, 0.25) is 0 Å². The molecule has 1 heterocycles. The van der Waals surface area contributed by atoms with Gasteiger partial charge in [-0.1, -0.05) is 30.3 Å². The Kier molecular flexibility index (Phi) is 4.23. The largest absolute Gasteiger partial charge is 0.421 e. The molecule has 120 valence electrons. The van der Waals surface area contributed by atoms with Gasteiger partial charge < -0.3 is 4.74 Å². The Hall–Kier alpha value is -3.62.